The molecule has 0 heterocycles. The van der Waals surface area contributed by atoms with Crippen molar-refractivity contribution in [3.63, 3.8) is 0 Å². The number of hydrogen-bond acceptors (Lipinski definition) is 5. The summed E-state index contributed by atoms with van der Waals surface area (Å²) in [7, 11) is -1.14. The highest BCUT2D eigenvalue weighted by molar-refractivity contribution is 7.84. The molecular weight excluding hydrogens is 291 g/mol. The molecule has 1 rings (SSSR count). The van der Waals surface area contributed by atoms with E-state index in [1.54, 1.807) is 6.92 Å². The summed E-state index contributed by atoms with van der Waals surface area (Å²) in [5.74, 6) is -2.70. The fourth-order valence-corrected chi connectivity index (χ4v) is 1.71. The number of aromatic carboxylic acids is 1. The SMILES string of the molecule is CC(CNc1cc(C(=O)O)c(F)cc1[N+](=O)[O-])S(C)=O. The van der Waals surface area contributed by atoms with Gasteiger partial charge in [-0.05, 0) is 13.0 Å². The maximum Gasteiger partial charge on any atom is 0.338 e. The van der Waals surface area contributed by atoms with Crippen molar-refractivity contribution in [2.45, 2.75) is 12.2 Å². The average molecular weight is 304 g/mol. The molecule has 2 N–H and O–H groups in total. The van der Waals surface area contributed by atoms with E-state index in [0.29, 0.717) is 6.07 Å². The number of rotatable bonds is 6. The van der Waals surface area contributed by atoms with Crippen LogP contribution in [0.3, 0.4) is 0 Å². The van der Waals surface area contributed by atoms with Crippen LogP contribution < -0.4 is 5.32 Å². The number of carboxylic acid groups (broad SMARTS) is 1. The maximum absolute atomic E-state index is 13.4. The standard InChI is InChI=1S/C11H13FN2O5S/c1-6(20(2)19)5-13-9-3-7(11(15)16)8(12)4-10(9)14(17)18/h3-4,6,13H,5H2,1-2H3,(H,15,16). The minimum Gasteiger partial charge on any atom is -0.478 e. The van der Waals surface area contributed by atoms with Crippen LogP contribution in [0.1, 0.15) is 17.3 Å². The zero-order valence-electron chi connectivity index (χ0n) is 10.8. The van der Waals surface area contributed by atoms with Crippen molar-refractivity contribution in [2.24, 2.45) is 0 Å². The van der Waals surface area contributed by atoms with Gasteiger partial charge in [0.1, 0.15) is 11.5 Å². The van der Waals surface area contributed by atoms with Gasteiger partial charge in [-0.25, -0.2) is 9.18 Å². The first-order valence-corrected chi connectivity index (χ1v) is 7.13. The monoisotopic (exact) mass is 304 g/mol. The van der Waals surface area contributed by atoms with Gasteiger partial charge in [-0.3, -0.25) is 14.3 Å². The van der Waals surface area contributed by atoms with Crippen LogP contribution in [0.25, 0.3) is 0 Å². The molecule has 0 spiro atoms. The molecule has 0 aliphatic carbocycles. The first kappa shape index (κ1) is 16.0. The van der Waals surface area contributed by atoms with E-state index >= 15 is 0 Å². The average Bonchev–Trinajstić information content (AvgIpc) is 2.35. The molecule has 20 heavy (non-hydrogen) atoms. The summed E-state index contributed by atoms with van der Waals surface area (Å²) in [4.78, 5) is 20.8. The van der Waals surface area contributed by atoms with Gasteiger partial charge >= 0.3 is 5.97 Å². The highest BCUT2D eigenvalue weighted by atomic mass is 32.2. The van der Waals surface area contributed by atoms with Crippen molar-refractivity contribution in [3.8, 4) is 0 Å². The highest BCUT2D eigenvalue weighted by Crippen LogP contribution is 2.28. The maximum atomic E-state index is 13.4. The van der Waals surface area contributed by atoms with Gasteiger partial charge in [-0.1, -0.05) is 0 Å². The van der Waals surface area contributed by atoms with Crippen LogP contribution in [-0.2, 0) is 10.8 Å². The second-order valence-corrected chi connectivity index (χ2v) is 5.90. The third-order valence-electron chi connectivity index (χ3n) is 2.66. The number of nitrogens with one attached hydrogen (secondary N) is 1. The zero-order chi connectivity index (χ0) is 15.4. The van der Waals surface area contributed by atoms with Crippen LogP contribution in [-0.4, -0.2) is 38.3 Å². The van der Waals surface area contributed by atoms with Crippen molar-refractivity contribution in [1.82, 2.24) is 0 Å². The fourth-order valence-electron chi connectivity index (χ4n) is 1.39. The number of carbonyl (C=O) groups is 1. The molecule has 0 fully saturated rings. The van der Waals surface area contributed by atoms with Gasteiger partial charge in [0.05, 0.1) is 16.6 Å². The third-order valence-corrected chi connectivity index (χ3v) is 3.96. The lowest BCUT2D eigenvalue weighted by molar-refractivity contribution is -0.384. The summed E-state index contributed by atoms with van der Waals surface area (Å²) in [6.45, 7) is 1.80. The van der Waals surface area contributed by atoms with E-state index in [1.165, 1.54) is 6.26 Å². The molecule has 0 saturated carbocycles. The molecular formula is C11H13FN2O5S. The van der Waals surface area contributed by atoms with Crippen molar-refractivity contribution >= 4 is 28.1 Å². The first-order valence-electron chi connectivity index (χ1n) is 5.51. The number of nitro benzene ring substituents is 1. The topological polar surface area (TPSA) is 110 Å². The molecule has 7 nitrogen and oxygen atoms in total. The van der Waals surface area contributed by atoms with Gasteiger partial charge < -0.3 is 10.4 Å². The lowest BCUT2D eigenvalue weighted by atomic mass is 10.1. The molecule has 0 aromatic heterocycles. The van der Waals surface area contributed by atoms with Crippen LogP contribution >= 0.6 is 0 Å². The molecule has 0 bridgehead atoms. The van der Waals surface area contributed by atoms with Crippen molar-refractivity contribution < 1.29 is 23.4 Å². The molecule has 0 aliphatic rings. The molecule has 110 valence electrons. The Kier molecular flexibility index (Phi) is 5.14. The Morgan fingerprint density at radius 1 is 1.60 bits per heavy atom. The van der Waals surface area contributed by atoms with Gasteiger partial charge in [-0.2, -0.15) is 0 Å². The molecule has 2 atom stereocenters. The lowest BCUT2D eigenvalue weighted by Crippen LogP contribution is -2.21. The van der Waals surface area contributed by atoms with Gasteiger partial charge in [-0.15, -0.1) is 0 Å². The van der Waals surface area contributed by atoms with Crippen LogP contribution in [0.4, 0.5) is 15.8 Å². The summed E-state index contributed by atoms with van der Waals surface area (Å²) in [5, 5.41) is 22.0. The molecule has 1 aromatic carbocycles. The fraction of sp³-hybridized carbons (Fsp3) is 0.364. The first-order chi connectivity index (χ1) is 9.23. The lowest BCUT2D eigenvalue weighted by Gasteiger charge is -2.12. The number of nitro groups is 1. The van der Waals surface area contributed by atoms with Crippen molar-refractivity contribution in [1.29, 1.82) is 0 Å². The summed E-state index contributed by atoms with van der Waals surface area (Å²) < 4.78 is 24.6. The smallest absolute Gasteiger partial charge is 0.338 e. The van der Waals surface area contributed by atoms with E-state index in [2.05, 4.69) is 5.32 Å². The summed E-state index contributed by atoms with van der Waals surface area (Å²) in [5.41, 5.74) is -1.35. The van der Waals surface area contributed by atoms with E-state index < -0.39 is 38.8 Å². The van der Waals surface area contributed by atoms with Crippen LogP contribution in [0.5, 0.6) is 0 Å². The quantitative estimate of drug-likeness (QED) is 0.610. The normalized spacial score (nSPS) is 13.6. The van der Waals surface area contributed by atoms with Gasteiger partial charge in [0.25, 0.3) is 5.69 Å². The number of nitrogens with zero attached hydrogens (tertiary/aromatic N) is 1. The Morgan fingerprint density at radius 3 is 2.65 bits per heavy atom. The molecule has 0 amide bonds. The van der Waals surface area contributed by atoms with Crippen molar-refractivity contribution in [2.75, 3.05) is 18.1 Å². The molecule has 2 unspecified atom stereocenters. The number of anilines is 1. The predicted octanol–water partition coefficient (Wildman–Crippen LogP) is 1.61. The number of halogens is 1. The molecule has 0 radical (unpaired) electrons. The summed E-state index contributed by atoms with van der Waals surface area (Å²) in [6.07, 6.45) is 1.48. The molecule has 1 aromatic rings. The third kappa shape index (κ3) is 3.73. The van der Waals surface area contributed by atoms with Crippen molar-refractivity contribution in [3.05, 3.63) is 33.6 Å². The molecule has 0 aliphatic heterocycles. The minimum absolute atomic E-state index is 0.119. The Labute approximate surface area is 116 Å². The van der Waals surface area contributed by atoms with E-state index in [1.807, 2.05) is 0 Å². The van der Waals surface area contributed by atoms with Crippen LogP contribution in [0, 0.1) is 15.9 Å². The van der Waals surface area contributed by atoms with Crippen LogP contribution in [0.2, 0.25) is 0 Å². The second-order valence-electron chi connectivity index (χ2n) is 4.10. The zero-order valence-corrected chi connectivity index (χ0v) is 11.6. The predicted molar refractivity (Wildman–Crippen MR) is 72.0 cm³/mol. The Balaban J connectivity index is 3.14. The highest BCUT2D eigenvalue weighted by Gasteiger charge is 2.22. The number of hydrogen-bond donors (Lipinski definition) is 2. The van der Waals surface area contributed by atoms with E-state index in [4.69, 9.17) is 5.11 Å². The van der Waals surface area contributed by atoms with Crippen LogP contribution in [0.15, 0.2) is 12.1 Å². The summed E-state index contributed by atoms with van der Waals surface area (Å²) >= 11 is 0. The number of carboxylic acids is 1. The molecule has 9 heteroatoms. The van der Waals surface area contributed by atoms with E-state index in [-0.39, 0.29) is 17.5 Å². The Bertz CT molecular complexity index is 578. The van der Waals surface area contributed by atoms with E-state index in [9.17, 15) is 23.5 Å². The van der Waals surface area contributed by atoms with Gasteiger partial charge in [0.2, 0.25) is 0 Å². The Hall–Kier alpha value is -2.03. The largest absolute Gasteiger partial charge is 0.478 e. The van der Waals surface area contributed by atoms with Gasteiger partial charge in [0, 0.05) is 28.9 Å². The number of benzene rings is 1. The summed E-state index contributed by atoms with van der Waals surface area (Å²) in [6, 6.07) is 1.42. The second kappa shape index (κ2) is 6.42. The minimum atomic E-state index is -1.52. The van der Waals surface area contributed by atoms with Gasteiger partial charge in [0.15, 0.2) is 0 Å². The Morgan fingerprint density at radius 2 is 2.20 bits per heavy atom. The molecule has 0 saturated heterocycles. The van der Waals surface area contributed by atoms with E-state index in [0.717, 1.165) is 6.07 Å².